The normalized spacial score (nSPS) is 16.5. The van der Waals surface area contributed by atoms with E-state index in [1.165, 1.54) is 6.92 Å². The molecule has 0 aliphatic carbocycles. The predicted molar refractivity (Wildman–Crippen MR) is 78.6 cm³/mol. The molecule has 6 nitrogen and oxygen atoms in total. The highest BCUT2D eigenvalue weighted by molar-refractivity contribution is 14.1. The summed E-state index contributed by atoms with van der Waals surface area (Å²) < 4.78 is 34.6. The third kappa shape index (κ3) is 5.35. The molecule has 1 N–H and O–H groups in total. The van der Waals surface area contributed by atoms with Crippen molar-refractivity contribution in [3.63, 3.8) is 0 Å². The molecule has 0 saturated carbocycles. The lowest BCUT2D eigenvalue weighted by Crippen LogP contribution is -2.38. The Kier molecular flexibility index (Phi) is 7.45. The van der Waals surface area contributed by atoms with Crippen LogP contribution in [0.4, 0.5) is 0 Å². The van der Waals surface area contributed by atoms with Crippen molar-refractivity contribution in [3.8, 4) is 0 Å². The van der Waals surface area contributed by atoms with Gasteiger partial charge in [0.25, 0.3) is 10.1 Å². The predicted octanol–water partition coefficient (Wildman–Crippen LogP) is 1.96. The molecule has 0 heterocycles. The van der Waals surface area contributed by atoms with E-state index in [4.69, 9.17) is 9.29 Å². The lowest BCUT2D eigenvalue weighted by atomic mass is 9.80. The average molecular weight is 406 g/mol. The van der Waals surface area contributed by atoms with E-state index < -0.39 is 24.8 Å². The van der Waals surface area contributed by atoms with Crippen molar-refractivity contribution in [2.45, 2.75) is 43.3 Å². The first kappa shape index (κ1) is 18.8. The summed E-state index contributed by atoms with van der Waals surface area (Å²) in [4.78, 5) is 23.8. The standard InChI is InChI=1S/C11H19IO6S/c1-4-8(13)11(3,10(14)18-5-2)7-6-9(12)19(15,16)17/h9H,4-7H2,1-3H3,(H,15,16,17). The van der Waals surface area contributed by atoms with E-state index in [2.05, 4.69) is 0 Å². The molecule has 0 saturated heterocycles. The highest BCUT2D eigenvalue weighted by Gasteiger charge is 2.41. The Bertz CT molecular complexity index is 432. The van der Waals surface area contributed by atoms with E-state index in [1.807, 2.05) is 0 Å². The number of ketones is 1. The van der Waals surface area contributed by atoms with Crippen LogP contribution in [0, 0.1) is 5.41 Å². The zero-order chi connectivity index (χ0) is 15.3. The van der Waals surface area contributed by atoms with E-state index in [1.54, 1.807) is 36.4 Å². The zero-order valence-corrected chi connectivity index (χ0v) is 14.2. The number of esters is 1. The number of Topliss-reactive ketones (excluding diaryl/α,β-unsaturated/α-hetero) is 1. The fraction of sp³-hybridized carbons (Fsp3) is 0.818. The molecule has 0 spiro atoms. The van der Waals surface area contributed by atoms with Crippen LogP contribution in [0.2, 0.25) is 0 Å². The average Bonchev–Trinajstić information content (AvgIpc) is 2.33. The number of halogens is 1. The van der Waals surface area contributed by atoms with Crippen molar-refractivity contribution < 1.29 is 27.3 Å². The summed E-state index contributed by atoms with van der Waals surface area (Å²) in [5.41, 5.74) is -1.36. The molecule has 2 atom stereocenters. The quantitative estimate of drug-likeness (QED) is 0.218. The van der Waals surface area contributed by atoms with Crippen molar-refractivity contribution >= 4 is 44.5 Å². The Hall–Kier alpha value is -0.220. The lowest BCUT2D eigenvalue weighted by Gasteiger charge is -2.25. The number of rotatable bonds is 8. The van der Waals surface area contributed by atoms with Crippen LogP contribution in [0.3, 0.4) is 0 Å². The van der Waals surface area contributed by atoms with Gasteiger partial charge in [0.15, 0.2) is 0 Å². The van der Waals surface area contributed by atoms with Crippen molar-refractivity contribution in [2.24, 2.45) is 5.41 Å². The molecule has 0 aliphatic heterocycles. The monoisotopic (exact) mass is 406 g/mol. The summed E-state index contributed by atoms with van der Waals surface area (Å²) in [5.74, 6) is -0.953. The molecule has 8 heteroatoms. The molecule has 0 aromatic heterocycles. The van der Waals surface area contributed by atoms with E-state index >= 15 is 0 Å². The third-order valence-corrected chi connectivity index (χ3v) is 6.29. The number of alkyl halides is 1. The Morgan fingerprint density at radius 3 is 2.26 bits per heavy atom. The minimum Gasteiger partial charge on any atom is -0.465 e. The van der Waals surface area contributed by atoms with Crippen LogP contribution in [0.1, 0.15) is 40.0 Å². The van der Waals surface area contributed by atoms with Gasteiger partial charge in [-0.05, 0) is 26.7 Å². The molecular weight excluding hydrogens is 387 g/mol. The fourth-order valence-corrected chi connectivity index (χ4v) is 2.31. The number of hydrogen-bond acceptors (Lipinski definition) is 5. The van der Waals surface area contributed by atoms with Crippen LogP contribution in [0.25, 0.3) is 0 Å². The van der Waals surface area contributed by atoms with Crippen molar-refractivity contribution in [3.05, 3.63) is 0 Å². The maximum atomic E-state index is 11.9. The number of carbonyl (C=O) groups excluding carboxylic acids is 2. The third-order valence-electron chi connectivity index (χ3n) is 2.86. The molecule has 0 bridgehead atoms. The Morgan fingerprint density at radius 1 is 1.37 bits per heavy atom. The van der Waals surface area contributed by atoms with E-state index in [-0.39, 0.29) is 31.7 Å². The van der Waals surface area contributed by atoms with Gasteiger partial charge in [0.05, 0.1) is 6.61 Å². The fourth-order valence-electron chi connectivity index (χ4n) is 1.59. The molecule has 0 fully saturated rings. The largest absolute Gasteiger partial charge is 0.465 e. The second-order valence-electron chi connectivity index (χ2n) is 4.29. The minimum absolute atomic E-state index is 0.000444. The van der Waals surface area contributed by atoms with Crippen LogP contribution < -0.4 is 0 Å². The van der Waals surface area contributed by atoms with Crippen LogP contribution in [0.5, 0.6) is 0 Å². The van der Waals surface area contributed by atoms with Crippen LogP contribution >= 0.6 is 22.6 Å². The van der Waals surface area contributed by atoms with Crippen molar-refractivity contribution in [1.29, 1.82) is 0 Å². The summed E-state index contributed by atoms with van der Waals surface area (Å²) in [6.07, 6.45) is 0.180. The SMILES string of the molecule is CCOC(=O)C(C)(CCC(I)S(=O)(=O)O)C(=O)CC. The lowest BCUT2D eigenvalue weighted by molar-refractivity contribution is -0.159. The van der Waals surface area contributed by atoms with Crippen molar-refractivity contribution in [1.82, 2.24) is 0 Å². The van der Waals surface area contributed by atoms with E-state index in [9.17, 15) is 18.0 Å². The molecule has 112 valence electrons. The van der Waals surface area contributed by atoms with Gasteiger partial charge in [0, 0.05) is 6.42 Å². The van der Waals surface area contributed by atoms with Gasteiger partial charge in [0.2, 0.25) is 0 Å². The molecule has 0 rings (SSSR count). The summed E-state index contributed by atoms with van der Waals surface area (Å²) in [6.45, 7) is 4.86. The van der Waals surface area contributed by atoms with Gasteiger partial charge in [-0.3, -0.25) is 14.1 Å². The summed E-state index contributed by atoms with van der Waals surface area (Å²) >= 11 is 1.57. The van der Waals surface area contributed by atoms with Crippen LogP contribution in [0.15, 0.2) is 0 Å². The summed E-state index contributed by atoms with van der Waals surface area (Å²) in [5, 5.41) is 0. The molecule has 0 radical (unpaired) electrons. The minimum atomic E-state index is -4.17. The highest BCUT2D eigenvalue weighted by atomic mass is 127. The molecule has 0 aromatic carbocycles. The number of ether oxygens (including phenoxy) is 1. The maximum Gasteiger partial charge on any atom is 0.319 e. The second kappa shape index (κ2) is 7.53. The van der Waals surface area contributed by atoms with Gasteiger partial charge in [0.1, 0.15) is 14.5 Å². The topological polar surface area (TPSA) is 97.7 Å². The van der Waals surface area contributed by atoms with Gasteiger partial charge in [-0.2, -0.15) is 8.42 Å². The van der Waals surface area contributed by atoms with Crippen LogP contribution in [-0.2, 0) is 24.4 Å². The second-order valence-corrected chi connectivity index (χ2v) is 8.24. The molecule has 0 amide bonds. The first-order valence-corrected chi connectivity index (χ1v) is 8.65. The van der Waals surface area contributed by atoms with E-state index in [0.29, 0.717) is 0 Å². The zero-order valence-electron chi connectivity index (χ0n) is 11.2. The molecular formula is C11H19IO6S. The first-order valence-electron chi connectivity index (χ1n) is 5.90. The van der Waals surface area contributed by atoms with E-state index in [0.717, 1.165) is 0 Å². The number of carbonyl (C=O) groups is 2. The Labute approximate surface area is 127 Å². The Morgan fingerprint density at radius 2 is 1.89 bits per heavy atom. The molecule has 0 aliphatic rings. The van der Waals surface area contributed by atoms with Gasteiger partial charge in [-0.25, -0.2) is 0 Å². The molecule has 0 aromatic rings. The molecule has 19 heavy (non-hydrogen) atoms. The summed E-state index contributed by atoms with van der Waals surface area (Å²) in [6, 6.07) is 0. The smallest absolute Gasteiger partial charge is 0.319 e. The maximum absolute atomic E-state index is 11.9. The van der Waals surface area contributed by atoms with Gasteiger partial charge in [-0.1, -0.05) is 29.5 Å². The summed E-state index contributed by atoms with van der Waals surface area (Å²) in [7, 11) is -4.17. The first-order chi connectivity index (χ1) is 8.59. The number of hydrogen-bond donors (Lipinski definition) is 1. The van der Waals surface area contributed by atoms with Crippen molar-refractivity contribution in [2.75, 3.05) is 6.61 Å². The molecule has 2 unspecified atom stereocenters. The highest BCUT2D eigenvalue weighted by Crippen LogP contribution is 2.31. The van der Waals surface area contributed by atoms with Gasteiger partial charge < -0.3 is 4.74 Å². The van der Waals surface area contributed by atoms with Gasteiger partial charge >= 0.3 is 5.97 Å². The van der Waals surface area contributed by atoms with Gasteiger partial charge in [-0.15, -0.1) is 0 Å². The van der Waals surface area contributed by atoms with Crippen LogP contribution in [-0.4, -0.2) is 34.6 Å². The Balaban J connectivity index is 4.99.